The van der Waals surface area contributed by atoms with Crippen LogP contribution in [0, 0.1) is 0 Å². The van der Waals surface area contributed by atoms with E-state index in [-0.39, 0.29) is 5.54 Å². The van der Waals surface area contributed by atoms with Crippen LogP contribution in [-0.4, -0.2) is 24.6 Å². The molecule has 0 radical (unpaired) electrons. The molecule has 2 rings (SSSR count). The Morgan fingerprint density at radius 2 is 2.11 bits per heavy atom. The Morgan fingerprint density at radius 1 is 1.32 bits per heavy atom. The zero-order valence-electron chi connectivity index (χ0n) is 12.2. The molecule has 5 heteroatoms. The molecule has 5 nitrogen and oxygen atoms in total. The summed E-state index contributed by atoms with van der Waals surface area (Å²) < 4.78 is 4.25. The minimum absolute atomic E-state index is 0.120. The van der Waals surface area contributed by atoms with E-state index in [4.69, 9.17) is 0 Å². The third kappa shape index (κ3) is 3.92. The average Bonchev–Trinajstić information content (AvgIpc) is 2.91. The first kappa shape index (κ1) is 13.8. The lowest BCUT2D eigenvalue weighted by Crippen LogP contribution is -2.35. The van der Waals surface area contributed by atoms with Gasteiger partial charge in [0.1, 0.15) is 5.82 Å². The van der Waals surface area contributed by atoms with Crippen LogP contribution in [0.5, 0.6) is 0 Å². The molecule has 0 spiro atoms. The Labute approximate surface area is 114 Å². The van der Waals surface area contributed by atoms with Gasteiger partial charge in [-0.15, -0.1) is 0 Å². The maximum absolute atomic E-state index is 4.34. The van der Waals surface area contributed by atoms with Crippen LogP contribution < -0.4 is 5.32 Å². The first-order chi connectivity index (χ1) is 8.96. The molecule has 104 valence electrons. The van der Waals surface area contributed by atoms with Crippen molar-refractivity contribution in [3.63, 3.8) is 0 Å². The predicted molar refractivity (Wildman–Crippen MR) is 75.7 cm³/mol. The average molecular weight is 261 g/mol. The highest BCUT2D eigenvalue weighted by Gasteiger charge is 2.10. The van der Waals surface area contributed by atoms with E-state index in [1.165, 1.54) is 5.69 Å². The van der Waals surface area contributed by atoms with E-state index in [0.717, 1.165) is 25.3 Å². The van der Waals surface area contributed by atoms with Crippen molar-refractivity contribution in [3.05, 3.63) is 36.4 Å². The number of rotatable bonds is 5. The van der Waals surface area contributed by atoms with E-state index in [1.54, 1.807) is 0 Å². The summed E-state index contributed by atoms with van der Waals surface area (Å²) >= 11 is 0. The van der Waals surface area contributed by atoms with Gasteiger partial charge < -0.3 is 14.5 Å². The van der Waals surface area contributed by atoms with Gasteiger partial charge in [-0.25, -0.2) is 9.97 Å². The van der Waals surface area contributed by atoms with Crippen molar-refractivity contribution < 1.29 is 0 Å². The van der Waals surface area contributed by atoms with E-state index in [9.17, 15) is 0 Å². The summed E-state index contributed by atoms with van der Waals surface area (Å²) in [5.74, 6) is 1.10. The van der Waals surface area contributed by atoms with Gasteiger partial charge in [0.15, 0.2) is 0 Å². The summed E-state index contributed by atoms with van der Waals surface area (Å²) in [5, 5.41) is 3.49. The summed E-state index contributed by atoms with van der Waals surface area (Å²) in [7, 11) is 2.03. The fourth-order valence-electron chi connectivity index (χ4n) is 1.91. The summed E-state index contributed by atoms with van der Waals surface area (Å²) in [6, 6.07) is 0. The number of hydrogen-bond donors (Lipinski definition) is 1. The largest absolute Gasteiger partial charge is 0.338 e. The number of imidazole rings is 2. The molecule has 0 fully saturated rings. The highest BCUT2D eigenvalue weighted by molar-refractivity contribution is 5.00. The molecular weight excluding hydrogens is 238 g/mol. The zero-order chi connectivity index (χ0) is 13.9. The number of aryl methyl sites for hydroxylation is 3. The monoisotopic (exact) mass is 261 g/mol. The molecule has 0 aliphatic heterocycles. The van der Waals surface area contributed by atoms with Crippen molar-refractivity contribution in [2.75, 3.05) is 0 Å². The second kappa shape index (κ2) is 5.57. The van der Waals surface area contributed by atoms with Crippen LogP contribution in [0.2, 0.25) is 0 Å². The molecule has 2 aromatic heterocycles. The van der Waals surface area contributed by atoms with Crippen molar-refractivity contribution in [2.24, 2.45) is 7.05 Å². The van der Waals surface area contributed by atoms with Crippen LogP contribution in [-0.2, 0) is 26.6 Å². The Bertz CT molecular complexity index is 518. The number of hydrogen-bond acceptors (Lipinski definition) is 3. The smallest absolute Gasteiger partial charge is 0.110 e. The Balaban J connectivity index is 1.94. The van der Waals surface area contributed by atoms with Crippen molar-refractivity contribution in [3.8, 4) is 0 Å². The minimum Gasteiger partial charge on any atom is -0.338 e. The zero-order valence-corrected chi connectivity index (χ0v) is 12.2. The summed E-state index contributed by atoms with van der Waals surface area (Å²) in [6.07, 6.45) is 8.55. The second-order valence-corrected chi connectivity index (χ2v) is 5.89. The molecule has 0 aliphatic rings. The minimum atomic E-state index is 0.120. The molecular formula is C14H23N5. The van der Waals surface area contributed by atoms with Crippen molar-refractivity contribution in [2.45, 2.75) is 45.8 Å². The molecule has 0 aromatic carbocycles. The Morgan fingerprint density at radius 3 is 2.74 bits per heavy atom. The molecule has 1 N–H and O–H groups in total. The van der Waals surface area contributed by atoms with E-state index in [1.807, 2.05) is 32.0 Å². The quantitative estimate of drug-likeness (QED) is 0.892. The van der Waals surface area contributed by atoms with Gasteiger partial charge in [0.05, 0.1) is 12.0 Å². The van der Waals surface area contributed by atoms with Gasteiger partial charge >= 0.3 is 0 Å². The van der Waals surface area contributed by atoms with Crippen LogP contribution in [0.15, 0.2) is 24.9 Å². The third-order valence-corrected chi connectivity index (χ3v) is 3.10. The van der Waals surface area contributed by atoms with Gasteiger partial charge in [0.25, 0.3) is 0 Å². The highest BCUT2D eigenvalue weighted by Crippen LogP contribution is 2.06. The molecule has 0 atom stereocenters. The van der Waals surface area contributed by atoms with Crippen molar-refractivity contribution in [1.82, 2.24) is 24.4 Å². The van der Waals surface area contributed by atoms with Crippen LogP contribution in [0.4, 0.5) is 0 Å². The number of nitrogens with one attached hydrogen (secondary N) is 1. The van der Waals surface area contributed by atoms with Crippen LogP contribution in [0.3, 0.4) is 0 Å². The third-order valence-electron chi connectivity index (χ3n) is 3.10. The van der Waals surface area contributed by atoms with E-state index in [0.29, 0.717) is 0 Å². The fraction of sp³-hybridized carbons (Fsp3) is 0.571. The van der Waals surface area contributed by atoms with Crippen molar-refractivity contribution >= 4 is 0 Å². The Kier molecular flexibility index (Phi) is 4.04. The lowest BCUT2D eigenvalue weighted by atomic mass is 10.1. The van der Waals surface area contributed by atoms with Crippen LogP contribution in [0.25, 0.3) is 0 Å². The van der Waals surface area contributed by atoms with Crippen molar-refractivity contribution in [1.29, 1.82) is 0 Å². The maximum Gasteiger partial charge on any atom is 0.110 e. The fourth-order valence-corrected chi connectivity index (χ4v) is 1.91. The van der Waals surface area contributed by atoms with E-state index in [2.05, 4.69) is 45.2 Å². The van der Waals surface area contributed by atoms with Gasteiger partial charge in [0, 0.05) is 50.7 Å². The molecule has 0 unspecified atom stereocenters. The molecule has 0 saturated carbocycles. The molecule has 0 aliphatic carbocycles. The SMILES string of the molecule is Cn1ccnc1CCn1cncc1CNC(C)(C)C. The predicted octanol–water partition coefficient (Wildman–Crippen LogP) is 1.75. The first-order valence-corrected chi connectivity index (χ1v) is 6.66. The highest BCUT2D eigenvalue weighted by atomic mass is 15.1. The van der Waals surface area contributed by atoms with Gasteiger partial charge in [0.2, 0.25) is 0 Å². The molecule has 19 heavy (non-hydrogen) atoms. The lowest BCUT2D eigenvalue weighted by Gasteiger charge is -2.20. The van der Waals surface area contributed by atoms with E-state index < -0.39 is 0 Å². The molecule has 2 heterocycles. The van der Waals surface area contributed by atoms with Crippen LogP contribution >= 0.6 is 0 Å². The molecule has 0 saturated heterocycles. The standard InChI is InChI=1S/C14H23N5/c1-14(2,3)17-10-12-9-15-11-19(12)7-5-13-16-6-8-18(13)4/h6,8-9,11,17H,5,7,10H2,1-4H3. The van der Waals surface area contributed by atoms with Crippen LogP contribution in [0.1, 0.15) is 32.3 Å². The Hall–Kier alpha value is -1.62. The first-order valence-electron chi connectivity index (χ1n) is 6.66. The summed E-state index contributed by atoms with van der Waals surface area (Å²) in [5.41, 5.74) is 1.33. The molecule has 0 amide bonds. The van der Waals surface area contributed by atoms with E-state index >= 15 is 0 Å². The van der Waals surface area contributed by atoms with Gasteiger partial charge in [-0.1, -0.05) is 0 Å². The lowest BCUT2D eigenvalue weighted by molar-refractivity contribution is 0.415. The van der Waals surface area contributed by atoms with Gasteiger partial charge in [-0.3, -0.25) is 0 Å². The summed E-state index contributed by atoms with van der Waals surface area (Å²) in [4.78, 5) is 8.58. The number of nitrogens with zero attached hydrogens (tertiary/aromatic N) is 4. The van der Waals surface area contributed by atoms with Gasteiger partial charge in [-0.05, 0) is 20.8 Å². The number of aromatic nitrogens is 4. The molecule has 2 aromatic rings. The molecule has 0 bridgehead atoms. The normalized spacial score (nSPS) is 12.0. The second-order valence-electron chi connectivity index (χ2n) is 5.89. The summed E-state index contributed by atoms with van der Waals surface area (Å²) in [6.45, 7) is 8.25. The van der Waals surface area contributed by atoms with Gasteiger partial charge in [-0.2, -0.15) is 0 Å². The topological polar surface area (TPSA) is 47.7 Å². The maximum atomic E-state index is 4.34.